The molecule has 0 spiro atoms. The van der Waals surface area contributed by atoms with E-state index in [9.17, 15) is 9.59 Å². The third-order valence-corrected chi connectivity index (χ3v) is 4.31. The summed E-state index contributed by atoms with van der Waals surface area (Å²) >= 11 is 4.43. The van der Waals surface area contributed by atoms with Gasteiger partial charge in [0.15, 0.2) is 0 Å². The minimum absolute atomic E-state index is 0.200. The Morgan fingerprint density at radius 3 is 2.00 bits per heavy atom. The molecule has 0 saturated heterocycles. The molecule has 0 aromatic carbocycles. The molecule has 0 aromatic heterocycles. The number of rotatable bonds is 7. The zero-order chi connectivity index (χ0) is 13.8. The van der Waals surface area contributed by atoms with Gasteiger partial charge in [-0.1, -0.05) is 0 Å². The average Bonchev–Trinajstić information content (AvgIpc) is 2.26. The number of carboxylic acids is 2. The molecule has 0 amide bonds. The molecule has 0 aromatic rings. The zero-order valence-corrected chi connectivity index (χ0v) is 13.9. The molecule has 0 unspecified atom stereocenters. The SMILES string of the molecule is C[Se]C[C@H](N)C(=O)O.C[Se]N[C@@H](CS)C(=O)O. The standard InChI is InChI=1S/C4H9NO2SSe.C4H9NO2Se/c1-9-5-3(2-8)4(6)7;1-8-2-3(5)4(6)7/h3,5,8H,2H2,1H3,(H,6,7);3H,2,5H2,1H3,(H,6,7)/t2*3-/m00/s1. The Labute approximate surface area is 119 Å². The van der Waals surface area contributed by atoms with Crippen molar-refractivity contribution in [1.82, 2.24) is 4.33 Å². The average molecular weight is 396 g/mol. The Bertz CT molecular complexity index is 234. The van der Waals surface area contributed by atoms with E-state index < -0.39 is 24.0 Å². The van der Waals surface area contributed by atoms with Gasteiger partial charge in [0.25, 0.3) is 0 Å². The molecule has 0 radical (unpaired) electrons. The van der Waals surface area contributed by atoms with Crippen molar-refractivity contribution < 1.29 is 19.8 Å². The number of thiol groups is 1. The van der Waals surface area contributed by atoms with Gasteiger partial charge in [0.1, 0.15) is 0 Å². The summed E-state index contributed by atoms with van der Waals surface area (Å²) < 4.78 is 2.82. The molecule has 9 heteroatoms. The first kappa shape index (κ1) is 19.6. The second kappa shape index (κ2) is 12.7. The van der Waals surface area contributed by atoms with Crippen molar-refractivity contribution in [2.75, 3.05) is 5.75 Å². The minimum atomic E-state index is -0.895. The van der Waals surface area contributed by atoms with Crippen LogP contribution in [0.3, 0.4) is 0 Å². The summed E-state index contributed by atoms with van der Waals surface area (Å²) in [5.74, 6) is 2.52. The van der Waals surface area contributed by atoms with Gasteiger partial charge >= 0.3 is 119 Å². The predicted molar refractivity (Wildman–Crippen MR) is 72.1 cm³/mol. The van der Waals surface area contributed by atoms with E-state index in [0.29, 0.717) is 26.0 Å². The van der Waals surface area contributed by atoms with Crippen molar-refractivity contribution in [2.24, 2.45) is 5.73 Å². The summed E-state index contributed by atoms with van der Waals surface area (Å²) in [6.07, 6.45) is 0. The molecule has 6 nitrogen and oxygen atoms in total. The van der Waals surface area contributed by atoms with Crippen molar-refractivity contribution in [3.8, 4) is 0 Å². The van der Waals surface area contributed by atoms with Gasteiger partial charge < -0.3 is 0 Å². The molecule has 0 aliphatic rings. The summed E-state index contributed by atoms with van der Waals surface area (Å²) in [7, 11) is 0. The molecular formula is C8H18N2O4SSe2. The summed E-state index contributed by atoms with van der Waals surface area (Å²) in [5.41, 5.74) is 5.14. The summed E-state index contributed by atoms with van der Waals surface area (Å²) in [4.78, 5) is 20.2. The number of hydrogen-bond acceptors (Lipinski definition) is 5. The summed E-state index contributed by atoms with van der Waals surface area (Å²) in [6, 6.07) is -1.11. The van der Waals surface area contributed by atoms with Gasteiger partial charge in [0.2, 0.25) is 0 Å². The van der Waals surface area contributed by atoms with E-state index in [1.165, 1.54) is 0 Å². The molecule has 0 fully saturated rings. The topological polar surface area (TPSA) is 113 Å². The van der Waals surface area contributed by atoms with E-state index >= 15 is 0 Å². The fourth-order valence-corrected chi connectivity index (χ4v) is 3.12. The molecule has 0 saturated carbocycles. The van der Waals surface area contributed by atoms with Crippen LogP contribution >= 0.6 is 12.6 Å². The van der Waals surface area contributed by atoms with Crippen LogP contribution < -0.4 is 10.1 Å². The van der Waals surface area contributed by atoms with Gasteiger partial charge in [-0.15, -0.1) is 0 Å². The van der Waals surface area contributed by atoms with Crippen LogP contribution in [0.25, 0.3) is 0 Å². The third-order valence-electron chi connectivity index (χ3n) is 1.40. The Morgan fingerprint density at radius 2 is 1.88 bits per heavy atom. The van der Waals surface area contributed by atoms with Crippen LogP contribution in [0.5, 0.6) is 0 Å². The number of carboxylic acid groups (broad SMARTS) is 2. The molecule has 5 N–H and O–H groups in total. The molecule has 102 valence electrons. The molecule has 0 aliphatic carbocycles. The van der Waals surface area contributed by atoms with Crippen LogP contribution in [-0.4, -0.2) is 70.1 Å². The van der Waals surface area contributed by atoms with Gasteiger partial charge in [0, 0.05) is 0 Å². The first-order valence-electron chi connectivity index (χ1n) is 4.50. The van der Waals surface area contributed by atoms with E-state index in [1.54, 1.807) is 0 Å². The van der Waals surface area contributed by atoms with Crippen LogP contribution in [0, 0.1) is 0 Å². The van der Waals surface area contributed by atoms with E-state index in [2.05, 4.69) is 17.0 Å². The second-order valence-electron chi connectivity index (χ2n) is 2.80. The fourth-order valence-electron chi connectivity index (χ4n) is 0.559. The first-order valence-corrected chi connectivity index (χ1v) is 10.6. The number of nitrogens with two attached hydrogens (primary N) is 1. The van der Waals surface area contributed by atoms with Gasteiger partial charge in [-0.3, -0.25) is 0 Å². The van der Waals surface area contributed by atoms with Crippen molar-refractivity contribution >= 4 is 54.7 Å². The maximum atomic E-state index is 10.2. The van der Waals surface area contributed by atoms with E-state index in [1.807, 2.05) is 11.6 Å². The van der Waals surface area contributed by atoms with Gasteiger partial charge in [0.05, 0.1) is 0 Å². The zero-order valence-electron chi connectivity index (χ0n) is 9.62. The molecule has 0 bridgehead atoms. The first-order chi connectivity index (χ1) is 7.90. The number of carbonyl (C=O) groups is 2. The normalized spacial score (nSPS) is 13.2. The quantitative estimate of drug-likeness (QED) is 0.285. The van der Waals surface area contributed by atoms with Gasteiger partial charge in [-0.2, -0.15) is 0 Å². The fraction of sp³-hybridized carbons (Fsp3) is 0.750. The molecule has 0 rings (SSSR count). The molecule has 2 atom stereocenters. The molecule has 17 heavy (non-hydrogen) atoms. The van der Waals surface area contributed by atoms with Crippen molar-refractivity contribution in [3.05, 3.63) is 0 Å². The third kappa shape index (κ3) is 12.5. The Morgan fingerprint density at radius 1 is 1.35 bits per heavy atom. The Balaban J connectivity index is 0. The van der Waals surface area contributed by atoms with Crippen molar-refractivity contribution in [3.63, 3.8) is 0 Å². The van der Waals surface area contributed by atoms with Crippen LogP contribution in [0.1, 0.15) is 0 Å². The molecular weight excluding hydrogens is 378 g/mol. The number of aliphatic carboxylic acids is 2. The predicted octanol–water partition coefficient (Wildman–Crippen LogP) is -0.805. The van der Waals surface area contributed by atoms with Crippen molar-refractivity contribution in [2.45, 2.75) is 29.0 Å². The van der Waals surface area contributed by atoms with E-state index in [-0.39, 0.29) is 15.2 Å². The van der Waals surface area contributed by atoms with E-state index in [4.69, 9.17) is 15.9 Å². The van der Waals surface area contributed by atoms with Crippen LogP contribution in [0.15, 0.2) is 0 Å². The van der Waals surface area contributed by atoms with Gasteiger partial charge in [-0.05, 0) is 0 Å². The molecule has 0 aliphatic heterocycles. The van der Waals surface area contributed by atoms with Gasteiger partial charge in [-0.25, -0.2) is 0 Å². The van der Waals surface area contributed by atoms with E-state index in [0.717, 1.165) is 0 Å². The summed E-state index contributed by atoms with van der Waals surface area (Å²) in [5, 5.41) is 17.2. The summed E-state index contributed by atoms with van der Waals surface area (Å²) in [6.45, 7) is 0. The Hall–Kier alpha value is 0.249. The number of hydrogen-bond donors (Lipinski definition) is 5. The maximum absolute atomic E-state index is 10.2. The van der Waals surface area contributed by atoms with Crippen LogP contribution in [0.4, 0.5) is 0 Å². The second-order valence-corrected chi connectivity index (χ2v) is 6.42. The van der Waals surface area contributed by atoms with Crippen molar-refractivity contribution in [1.29, 1.82) is 0 Å². The monoisotopic (exact) mass is 398 g/mol. The number of nitrogens with one attached hydrogen (secondary N) is 1. The Kier molecular flexibility index (Phi) is 14.6. The van der Waals surface area contributed by atoms with Crippen LogP contribution in [-0.2, 0) is 9.59 Å². The molecule has 0 heterocycles. The van der Waals surface area contributed by atoms with Crippen LogP contribution in [0.2, 0.25) is 17.0 Å².